The van der Waals surface area contributed by atoms with Gasteiger partial charge in [0.2, 0.25) is 0 Å². The lowest BCUT2D eigenvalue weighted by molar-refractivity contribution is -0.144. The van der Waals surface area contributed by atoms with Crippen molar-refractivity contribution in [3.8, 4) is 0 Å². The normalized spacial score (nSPS) is 22.2. The van der Waals surface area contributed by atoms with Gasteiger partial charge in [-0.15, -0.1) is 0 Å². The highest BCUT2D eigenvalue weighted by molar-refractivity contribution is 5.93. The number of esters is 1. The summed E-state index contributed by atoms with van der Waals surface area (Å²) in [4.78, 5) is 11.2. The van der Waals surface area contributed by atoms with Crippen LogP contribution in [0.4, 0.5) is 0 Å². The molecule has 66 valence electrons. The molecule has 1 heterocycles. The standard InChI is InChI=1S/C10H14O2/c1-5-6-8-7(2)9(11)12-10(8,3)4/h5-6H,1-4H3/b6-5-. The third-order valence-corrected chi connectivity index (χ3v) is 2.04. The van der Waals surface area contributed by atoms with Crippen LogP contribution < -0.4 is 0 Å². The Kier molecular flexibility index (Phi) is 2.09. The van der Waals surface area contributed by atoms with Gasteiger partial charge >= 0.3 is 5.97 Å². The Balaban J connectivity index is 3.12. The minimum atomic E-state index is -0.451. The molecule has 2 heteroatoms. The van der Waals surface area contributed by atoms with Gasteiger partial charge in [-0.3, -0.25) is 0 Å². The molecule has 0 aromatic heterocycles. The third kappa shape index (κ3) is 1.29. The molecule has 0 saturated heterocycles. The summed E-state index contributed by atoms with van der Waals surface area (Å²) in [5, 5.41) is 0. The van der Waals surface area contributed by atoms with Crippen molar-refractivity contribution >= 4 is 5.97 Å². The van der Waals surface area contributed by atoms with Gasteiger partial charge in [0.25, 0.3) is 0 Å². The number of carbonyl (C=O) groups is 1. The van der Waals surface area contributed by atoms with E-state index in [2.05, 4.69) is 0 Å². The fourth-order valence-corrected chi connectivity index (χ4v) is 1.42. The molecule has 0 aromatic carbocycles. The number of allylic oxidation sites excluding steroid dienone is 1. The first-order valence-electron chi connectivity index (χ1n) is 4.06. The molecular formula is C10H14O2. The van der Waals surface area contributed by atoms with Crippen LogP contribution in [0.5, 0.6) is 0 Å². The second-order valence-electron chi connectivity index (χ2n) is 3.44. The molecule has 0 bridgehead atoms. The van der Waals surface area contributed by atoms with E-state index in [-0.39, 0.29) is 5.97 Å². The van der Waals surface area contributed by atoms with E-state index in [4.69, 9.17) is 4.74 Å². The summed E-state index contributed by atoms with van der Waals surface area (Å²) in [6.45, 7) is 7.53. The molecule has 1 rings (SSSR count). The van der Waals surface area contributed by atoms with Gasteiger partial charge in [0.05, 0.1) is 0 Å². The monoisotopic (exact) mass is 166 g/mol. The van der Waals surface area contributed by atoms with Crippen LogP contribution in [0.25, 0.3) is 0 Å². The van der Waals surface area contributed by atoms with E-state index < -0.39 is 5.60 Å². The van der Waals surface area contributed by atoms with E-state index in [1.165, 1.54) is 0 Å². The molecule has 0 spiro atoms. The Morgan fingerprint density at radius 3 is 2.33 bits per heavy atom. The first-order valence-corrected chi connectivity index (χ1v) is 4.06. The predicted molar refractivity (Wildman–Crippen MR) is 47.7 cm³/mol. The van der Waals surface area contributed by atoms with Crippen molar-refractivity contribution in [1.29, 1.82) is 0 Å². The Morgan fingerprint density at radius 1 is 1.42 bits per heavy atom. The van der Waals surface area contributed by atoms with Gasteiger partial charge in [-0.25, -0.2) is 4.79 Å². The number of hydrogen-bond acceptors (Lipinski definition) is 2. The summed E-state index contributed by atoms with van der Waals surface area (Å²) < 4.78 is 5.16. The predicted octanol–water partition coefficient (Wildman–Crippen LogP) is 2.21. The molecule has 12 heavy (non-hydrogen) atoms. The topological polar surface area (TPSA) is 26.3 Å². The van der Waals surface area contributed by atoms with Crippen molar-refractivity contribution in [2.45, 2.75) is 33.3 Å². The van der Waals surface area contributed by atoms with E-state index in [0.717, 1.165) is 11.1 Å². The summed E-state index contributed by atoms with van der Waals surface area (Å²) in [5.41, 5.74) is 1.25. The van der Waals surface area contributed by atoms with Crippen LogP contribution in [-0.2, 0) is 9.53 Å². The maximum absolute atomic E-state index is 11.2. The van der Waals surface area contributed by atoms with E-state index >= 15 is 0 Å². The number of cyclic esters (lactones) is 1. The Morgan fingerprint density at radius 2 is 2.00 bits per heavy atom. The molecule has 2 nitrogen and oxygen atoms in total. The van der Waals surface area contributed by atoms with Crippen LogP contribution in [0.3, 0.4) is 0 Å². The van der Waals surface area contributed by atoms with Gasteiger partial charge in [0.15, 0.2) is 0 Å². The molecule has 1 aliphatic rings. The summed E-state index contributed by atoms with van der Waals surface area (Å²) in [6.07, 6.45) is 3.85. The van der Waals surface area contributed by atoms with Gasteiger partial charge in [0, 0.05) is 11.1 Å². The van der Waals surface area contributed by atoms with Crippen molar-refractivity contribution in [3.05, 3.63) is 23.3 Å². The lowest BCUT2D eigenvalue weighted by Gasteiger charge is -2.18. The molecular weight excluding hydrogens is 152 g/mol. The molecule has 1 aliphatic heterocycles. The fourth-order valence-electron chi connectivity index (χ4n) is 1.42. The van der Waals surface area contributed by atoms with Crippen molar-refractivity contribution < 1.29 is 9.53 Å². The molecule has 0 fully saturated rings. The summed E-state index contributed by atoms with van der Waals surface area (Å²) in [5.74, 6) is -0.201. The summed E-state index contributed by atoms with van der Waals surface area (Å²) >= 11 is 0. The molecule has 0 radical (unpaired) electrons. The summed E-state index contributed by atoms with van der Waals surface area (Å²) in [6, 6.07) is 0. The van der Waals surface area contributed by atoms with Gasteiger partial charge in [-0.05, 0) is 27.7 Å². The second-order valence-corrected chi connectivity index (χ2v) is 3.44. The van der Waals surface area contributed by atoms with Crippen molar-refractivity contribution in [2.24, 2.45) is 0 Å². The zero-order chi connectivity index (χ0) is 9.35. The molecule has 0 aliphatic carbocycles. The number of hydrogen-bond donors (Lipinski definition) is 0. The summed E-state index contributed by atoms with van der Waals surface area (Å²) in [7, 11) is 0. The van der Waals surface area contributed by atoms with Crippen LogP contribution in [0.2, 0.25) is 0 Å². The van der Waals surface area contributed by atoms with Crippen LogP contribution in [0.15, 0.2) is 23.3 Å². The largest absolute Gasteiger partial charge is 0.451 e. The Labute approximate surface area is 72.9 Å². The minimum absolute atomic E-state index is 0.201. The average Bonchev–Trinajstić information content (AvgIpc) is 2.13. The smallest absolute Gasteiger partial charge is 0.335 e. The maximum atomic E-state index is 11.2. The van der Waals surface area contributed by atoms with Crippen LogP contribution in [0.1, 0.15) is 27.7 Å². The first kappa shape index (κ1) is 9.04. The molecule has 0 atom stereocenters. The number of rotatable bonds is 1. The molecule has 0 unspecified atom stereocenters. The van der Waals surface area contributed by atoms with E-state index in [1.807, 2.05) is 32.9 Å². The lowest BCUT2D eigenvalue weighted by Crippen LogP contribution is -2.22. The molecule has 0 N–H and O–H groups in total. The highest BCUT2D eigenvalue weighted by Crippen LogP contribution is 2.32. The zero-order valence-electron chi connectivity index (χ0n) is 7.97. The van der Waals surface area contributed by atoms with E-state index in [9.17, 15) is 4.79 Å². The van der Waals surface area contributed by atoms with Gasteiger partial charge in [-0.2, -0.15) is 0 Å². The third-order valence-electron chi connectivity index (χ3n) is 2.04. The van der Waals surface area contributed by atoms with Crippen LogP contribution in [-0.4, -0.2) is 11.6 Å². The van der Waals surface area contributed by atoms with Gasteiger partial charge in [0.1, 0.15) is 5.60 Å². The van der Waals surface area contributed by atoms with Gasteiger partial charge in [-0.1, -0.05) is 12.2 Å². The Hall–Kier alpha value is -1.05. The van der Waals surface area contributed by atoms with Crippen molar-refractivity contribution in [1.82, 2.24) is 0 Å². The molecule has 0 aromatic rings. The Bertz CT molecular complexity index is 270. The van der Waals surface area contributed by atoms with Crippen molar-refractivity contribution in [2.75, 3.05) is 0 Å². The lowest BCUT2D eigenvalue weighted by atomic mass is 9.96. The zero-order valence-corrected chi connectivity index (χ0v) is 7.97. The number of carbonyl (C=O) groups excluding carboxylic acids is 1. The maximum Gasteiger partial charge on any atom is 0.335 e. The van der Waals surface area contributed by atoms with E-state index in [0.29, 0.717) is 0 Å². The van der Waals surface area contributed by atoms with Crippen LogP contribution in [0, 0.1) is 0 Å². The fraction of sp³-hybridized carbons (Fsp3) is 0.500. The van der Waals surface area contributed by atoms with E-state index in [1.54, 1.807) is 6.92 Å². The average molecular weight is 166 g/mol. The van der Waals surface area contributed by atoms with Crippen molar-refractivity contribution in [3.63, 3.8) is 0 Å². The second kappa shape index (κ2) is 2.77. The van der Waals surface area contributed by atoms with Crippen LogP contribution >= 0.6 is 0 Å². The van der Waals surface area contributed by atoms with Gasteiger partial charge < -0.3 is 4.74 Å². The number of ether oxygens (including phenoxy) is 1. The first-order chi connectivity index (χ1) is 5.49. The SMILES string of the molecule is C/C=C\C1=C(C)C(=O)OC1(C)C. The highest BCUT2D eigenvalue weighted by atomic mass is 16.6. The molecule has 0 amide bonds. The quantitative estimate of drug-likeness (QED) is 0.558. The molecule has 0 saturated carbocycles. The highest BCUT2D eigenvalue weighted by Gasteiger charge is 2.36. The minimum Gasteiger partial charge on any atom is -0.451 e.